The molecule has 0 saturated carbocycles. The standard InChI is InChI=1S/C16H22BrN3O/c1-5-8-18-15(12-6-7-13(17)11(2)9-12)16-14(21-4)10-19-20(16)3/h6-7,9-10,15,18H,5,8H2,1-4H3. The van der Waals surface area contributed by atoms with E-state index >= 15 is 0 Å². The summed E-state index contributed by atoms with van der Waals surface area (Å²) in [4.78, 5) is 0. The fourth-order valence-corrected chi connectivity index (χ4v) is 2.67. The summed E-state index contributed by atoms with van der Waals surface area (Å²) in [5.41, 5.74) is 3.48. The molecular formula is C16H22BrN3O. The minimum Gasteiger partial charge on any atom is -0.493 e. The first kappa shape index (κ1) is 16.0. The van der Waals surface area contributed by atoms with E-state index in [4.69, 9.17) is 4.74 Å². The lowest BCUT2D eigenvalue weighted by molar-refractivity contribution is 0.400. The third-order valence-electron chi connectivity index (χ3n) is 3.56. The van der Waals surface area contributed by atoms with Gasteiger partial charge in [-0.25, -0.2) is 0 Å². The fourth-order valence-electron chi connectivity index (χ4n) is 2.42. The third-order valence-corrected chi connectivity index (χ3v) is 4.45. The van der Waals surface area contributed by atoms with Crippen molar-refractivity contribution < 1.29 is 4.74 Å². The maximum atomic E-state index is 5.47. The molecule has 0 fully saturated rings. The first-order valence-electron chi connectivity index (χ1n) is 7.13. The quantitative estimate of drug-likeness (QED) is 0.864. The minimum absolute atomic E-state index is 0.0687. The summed E-state index contributed by atoms with van der Waals surface area (Å²) in [6.45, 7) is 5.20. The van der Waals surface area contributed by atoms with Gasteiger partial charge in [0.1, 0.15) is 5.69 Å². The Balaban J connectivity index is 2.46. The van der Waals surface area contributed by atoms with Crippen molar-refractivity contribution >= 4 is 15.9 Å². The molecular weight excluding hydrogens is 330 g/mol. The van der Waals surface area contributed by atoms with Crippen LogP contribution in [0, 0.1) is 6.92 Å². The van der Waals surface area contributed by atoms with Gasteiger partial charge in [0.25, 0.3) is 0 Å². The zero-order valence-corrected chi connectivity index (χ0v) is 14.6. The van der Waals surface area contributed by atoms with Crippen LogP contribution in [-0.4, -0.2) is 23.4 Å². The number of hydrogen-bond acceptors (Lipinski definition) is 3. The van der Waals surface area contributed by atoms with Gasteiger partial charge in [0, 0.05) is 11.5 Å². The van der Waals surface area contributed by atoms with Crippen LogP contribution in [0.2, 0.25) is 0 Å². The summed E-state index contributed by atoms with van der Waals surface area (Å²) in [7, 11) is 3.63. The van der Waals surface area contributed by atoms with Crippen LogP contribution in [-0.2, 0) is 7.05 Å². The molecule has 114 valence electrons. The highest BCUT2D eigenvalue weighted by atomic mass is 79.9. The molecule has 2 aromatic rings. The van der Waals surface area contributed by atoms with Gasteiger partial charge in [0.15, 0.2) is 5.75 Å². The van der Waals surface area contributed by atoms with Gasteiger partial charge in [-0.1, -0.05) is 35.0 Å². The molecule has 21 heavy (non-hydrogen) atoms. The number of rotatable bonds is 6. The molecule has 1 atom stereocenters. The lowest BCUT2D eigenvalue weighted by Gasteiger charge is -2.21. The fraction of sp³-hybridized carbons (Fsp3) is 0.438. The highest BCUT2D eigenvalue weighted by molar-refractivity contribution is 9.10. The number of methoxy groups -OCH3 is 1. The summed E-state index contributed by atoms with van der Waals surface area (Å²) in [5.74, 6) is 0.812. The maximum Gasteiger partial charge on any atom is 0.161 e. The molecule has 0 bridgehead atoms. The molecule has 0 aliphatic carbocycles. The van der Waals surface area contributed by atoms with E-state index in [9.17, 15) is 0 Å². The minimum atomic E-state index is 0.0687. The largest absolute Gasteiger partial charge is 0.493 e. The summed E-state index contributed by atoms with van der Waals surface area (Å²) in [6.07, 6.45) is 2.84. The molecule has 0 saturated heterocycles. The smallest absolute Gasteiger partial charge is 0.161 e. The van der Waals surface area contributed by atoms with Crippen LogP contribution < -0.4 is 10.1 Å². The van der Waals surface area contributed by atoms with Crippen molar-refractivity contribution in [1.82, 2.24) is 15.1 Å². The first-order chi connectivity index (χ1) is 10.1. The van der Waals surface area contributed by atoms with Gasteiger partial charge in [-0.15, -0.1) is 0 Å². The highest BCUT2D eigenvalue weighted by Crippen LogP contribution is 2.31. The van der Waals surface area contributed by atoms with E-state index in [0.29, 0.717) is 0 Å². The Labute approximate surface area is 134 Å². The zero-order chi connectivity index (χ0) is 15.4. The normalized spacial score (nSPS) is 12.4. The van der Waals surface area contributed by atoms with Gasteiger partial charge in [-0.05, 0) is 37.1 Å². The van der Waals surface area contributed by atoms with Gasteiger partial charge >= 0.3 is 0 Å². The van der Waals surface area contributed by atoms with Crippen molar-refractivity contribution in [3.8, 4) is 5.75 Å². The van der Waals surface area contributed by atoms with Crippen LogP contribution in [0.15, 0.2) is 28.9 Å². The molecule has 0 spiro atoms. The average molecular weight is 352 g/mol. The molecule has 4 nitrogen and oxygen atoms in total. The Morgan fingerprint density at radius 3 is 2.81 bits per heavy atom. The molecule has 1 unspecified atom stereocenters. The Kier molecular flexibility index (Phi) is 5.42. The van der Waals surface area contributed by atoms with E-state index in [1.54, 1.807) is 13.3 Å². The van der Waals surface area contributed by atoms with Crippen molar-refractivity contribution in [3.63, 3.8) is 0 Å². The topological polar surface area (TPSA) is 39.1 Å². The van der Waals surface area contributed by atoms with Crippen molar-refractivity contribution in [2.24, 2.45) is 7.05 Å². The number of nitrogens with zero attached hydrogens (tertiary/aromatic N) is 2. The molecule has 0 amide bonds. The van der Waals surface area contributed by atoms with E-state index in [2.05, 4.69) is 58.4 Å². The zero-order valence-electron chi connectivity index (χ0n) is 13.0. The van der Waals surface area contributed by atoms with E-state index in [-0.39, 0.29) is 6.04 Å². The number of ether oxygens (including phenoxy) is 1. The van der Waals surface area contributed by atoms with E-state index < -0.39 is 0 Å². The van der Waals surface area contributed by atoms with Crippen molar-refractivity contribution in [1.29, 1.82) is 0 Å². The van der Waals surface area contributed by atoms with Gasteiger partial charge in [0.2, 0.25) is 0 Å². The molecule has 2 rings (SSSR count). The molecule has 5 heteroatoms. The van der Waals surface area contributed by atoms with E-state index in [1.165, 1.54) is 11.1 Å². The number of nitrogens with one attached hydrogen (secondary N) is 1. The maximum absolute atomic E-state index is 5.47. The monoisotopic (exact) mass is 351 g/mol. The van der Waals surface area contributed by atoms with Crippen LogP contribution in [0.4, 0.5) is 0 Å². The Morgan fingerprint density at radius 2 is 2.19 bits per heavy atom. The second kappa shape index (κ2) is 7.09. The summed E-state index contributed by atoms with van der Waals surface area (Å²) in [5, 5.41) is 7.92. The van der Waals surface area contributed by atoms with Crippen LogP contribution in [0.1, 0.15) is 36.2 Å². The lowest BCUT2D eigenvalue weighted by Crippen LogP contribution is -2.25. The van der Waals surface area contributed by atoms with Gasteiger partial charge < -0.3 is 10.1 Å². The van der Waals surface area contributed by atoms with E-state index in [0.717, 1.165) is 28.9 Å². The summed E-state index contributed by atoms with van der Waals surface area (Å²) >= 11 is 3.56. The van der Waals surface area contributed by atoms with Gasteiger partial charge in [-0.2, -0.15) is 5.10 Å². The van der Waals surface area contributed by atoms with Crippen LogP contribution >= 0.6 is 15.9 Å². The number of benzene rings is 1. The van der Waals surface area contributed by atoms with Crippen molar-refractivity contribution in [2.45, 2.75) is 26.3 Å². The second-order valence-corrected chi connectivity index (χ2v) is 5.97. The Bertz CT molecular complexity index is 610. The molecule has 1 N–H and O–H groups in total. The van der Waals surface area contributed by atoms with Gasteiger partial charge in [-0.3, -0.25) is 4.68 Å². The number of hydrogen-bond donors (Lipinski definition) is 1. The van der Waals surface area contributed by atoms with Crippen molar-refractivity contribution in [3.05, 3.63) is 45.7 Å². The highest BCUT2D eigenvalue weighted by Gasteiger charge is 2.22. The average Bonchev–Trinajstić information content (AvgIpc) is 2.84. The Hall–Kier alpha value is -1.33. The molecule has 1 aromatic heterocycles. The molecule has 1 heterocycles. The molecule has 0 aliphatic rings. The van der Waals surface area contributed by atoms with Crippen molar-refractivity contribution in [2.75, 3.05) is 13.7 Å². The first-order valence-corrected chi connectivity index (χ1v) is 7.93. The van der Waals surface area contributed by atoms with E-state index in [1.807, 2.05) is 11.7 Å². The number of halogens is 1. The lowest BCUT2D eigenvalue weighted by atomic mass is 10.0. The van der Waals surface area contributed by atoms with Gasteiger partial charge in [0.05, 0.1) is 19.3 Å². The predicted molar refractivity (Wildman–Crippen MR) is 88.8 cm³/mol. The molecule has 1 aromatic carbocycles. The SMILES string of the molecule is CCCNC(c1ccc(Br)c(C)c1)c1c(OC)cnn1C. The predicted octanol–water partition coefficient (Wildman–Crippen LogP) is 3.59. The second-order valence-electron chi connectivity index (χ2n) is 5.12. The number of aromatic nitrogens is 2. The van der Waals surface area contributed by atoms with Crippen LogP contribution in [0.5, 0.6) is 5.75 Å². The van der Waals surface area contributed by atoms with Crippen LogP contribution in [0.25, 0.3) is 0 Å². The Morgan fingerprint density at radius 1 is 1.43 bits per heavy atom. The van der Waals surface area contributed by atoms with Crippen LogP contribution in [0.3, 0.4) is 0 Å². The number of aryl methyl sites for hydroxylation is 2. The molecule has 0 radical (unpaired) electrons. The summed E-state index contributed by atoms with van der Waals surface area (Å²) < 4.78 is 8.47. The third kappa shape index (κ3) is 3.47. The molecule has 0 aliphatic heterocycles. The summed E-state index contributed by atoms with van der Waals surface area (Å²) in [6, 6.07) is 6.49.